The molecule has 1 aliphatic rings. The second kappa shape index (κ2) is 9.10. The second-order valence-corrected chi connectivity index (χ2v) is 5.86. The number of rotatable bonds is 7. The number of amides is 1. The van der Waals surface area contributed by atoms with Crippen molar-refractivity contribution in [2.45, 2.75) is 6.54 Å². The minimum Gasteiger partial charge on any atom is -0.383 e. The molecule has 0 atom stereocenters. The first-order valence-corrected chi connectivity index (χ1v) is 8.48. The van der Waals surface area contributed by atoms with E-state index in [-0.39, 0.29) is 5.91 Å². The summed E-state index contributed by atoms with van der Waals surface area (Å²) in [6, 6.07) is 7.38. The number of hydrogen-bond acceptors (Lipinski definition) is 6. The summed E-state index contributed by atoms with van der Waals surface area (Å²) in [7, 11) is 0. The van der Waals surface area contributed by atoms with Gasteiger partial charge in [-0.25, -0.2) is 4.98 Å². The largest absolute Gasteiger partial charge is 0.383 e. The van der Waals surface area contributed by atoms with Crippen molar-refractivity contribution in [3.05, 3.63) is 54.1 Å². The minimum absolute atomic E-state index is 0.191. The van der Waals surface area contributed by atoms with Crippen LogP contribution in [0.1, 0.15) is 16.1 Å². The van der Waals surface area contributed by atoms with E-state index in [9.17, 15) is 4.79 Å². The zero-order chi connectivity index (χ0) is 17.3. The highest BCUT2D eigenvalue weighted by molar-refractivity contribution is 5.92. The Hall–Kier alpha value is -2.51. The van der Waals surface area contributed by atoms with Gasteiger partial charge in [-0.2, -0.15) is 0 Å². The van der Waals surface area contributed by atoms with Gasteiger partial charge < -0.3 is 15.4 Å². The fourth-order valence-corrected chi connectivity index (χ4v) is 2.59. The lowest BCUT2D eigenvalue weighted by Gasteiger charge is -2.26. The molecule has 0 unspecified atom stereocenters. The molecule has 0 radical (unpaired) electrons. The van der Waals surface area contributed by atoms with Gasteiger partial charge >= 0.3 is 0 Å². The Morgan fingerprint density at radius 1 is 1.20 bits per heavy atom. The van der Waals surface area contributed by atoms with Crippen molar-refractivity contribution in [1.29, 1.82) is 0 Å². The highest BCUT2D eigenvalue weighted by atomic mass is 16.5. The predicted molar refractivity (Wildman–Crippen MR) is 95.4 cm³/mol. The standard InChI is InChI=1S/C18H23N5O2/c24-18(22-13-15-2-1-5-19-12-15)17-4-3-16(14-21-17)20-6-7-23-8-10-25-11-9-23/h1-5,12,14,20H,6-11,13H2,(H,22,24). The van der Waals surface area contributed by atoms with Crippen molar-refractivity contribution in [2.75, 3.05) is 44.7 Å². The summed E-state index contributed by atoms with van der Waals surface area (Å²) in [5.41, 5.74) is 2.27. The number of pyridine rings is 2. The molecule has 2 N–H and O–H groups in total. The SMILES string of the molecule is O=C(NCc1cccnc1)c1ccc(NCCN2CCOCC2)cn1. The van der Waals surface area contributed by atoms with Crippen LogP contribution in [0.25, 0.3) is 0 Å². The Kier molecular flexibility index (Phi) is 6.30. The molecule has 0 saturated carbocycles. The zero-order valence-electron chi connectivity index (χ0n) is 14.1. The van der Waals surface area contributed by atoms with Crippen LogP contribution in [0.5, 0.6) is 0 Å². The molecule has 2 aromatic rings. The van der Waals surface area contributed by atoms with Gasteiger partial charge in [0.2, 0.25) is 0 Å². The van der Waals surface area contributed by atoms with Gasteiger partial charge in [0.1, 0.15) is 5.69 Å². The molecule has 25 heavy (non-hydrogen) atoms. The van der Waals surface area contributed by atoms with E-state index in [1.54, 1.807) is 24.7 Å². The molecule has 2 aromatic heterocycles. The van der Waals surface area contributed by atoms with Gasteiger partial charge in [0.05, 0.1) is 25.1 Å². The smallest absolute Gasteiger partial charge is 0.270 e. The van der Waals surface area contributed by atoms with E-state index in [0.29, 0.717) is 12.2 Å². The fourth-order valence-electron chi connectivity index (χ4n) is 2.59. The molecule has 0 spiro atoms. The van der Waals surface area contributed by atoms with Crippen molar-refractivity contribution >= 4 is 11.6 Å². The van der Waals surface area contributed by atoms with E-state index in [1.807, 2.05) is 18.2 Å². The van der Waals surface area contributed by atoms with Gasteiger partial charge in [-0.3, -0.25) is 14.7 Å². The van der Waals surface area contributed by atoms with E-state index >= 15 is 0 Å². The Labute approximate surface area is 147 Å². The van der Waals surface area contributed by atoms with Gasteiger partial charge in [-0.1, -0.05) is 6.07 Å². The average molecular weight is 341 g/mol. The van der Waals surface area contributed by atoms with Crippen LogP contribution in [0.3, 0.4) is 0 Å². The van der Waals surface area contributed by atoms with Gasteiger partial charge in [-0.15, -0.1) is 0 Å². The van der Waals surface area contributed by atoms with Crippen molar-refractivity contribution in [2.24, 2.45) is 0 Å². The molecule has 1 aliphatic heterocycles. The minimum atomic E-state index is -0.191. The molecule has 0 aliphatic carbocycles. The maximum absolute atomic E-state index is 12.1. The number of aromatic nitrogens is 2. The average Bonchev–Trinajstić information content (AvgIpc) is 2.68. The number of carbonyl (C=O) groups is 1. The lowest BCUT2D eigenvalue weighted by atomic mass is 10.2. The maximum Gasteiger partial charge on any atom is 0.270 e. The lowest BCUT2D eigenvalue weighted by molar-refractivity contribution is 0.0398. The third kappa shape index (κ3) is 5.51. The first-order valence-electron chi connectivity index (χ1n) is 8.48. The molecule has 1 fully saturated rings. The fraction of sp³-hybridized carbons (Fsp3) is 0.389. The first kappa shape index (κ1) is 17.3. The highest BCUT2D eigenvalue weighted by Gasteiger charge is 2.10. The molecular formula is C18H23N5O2. The van der Waals surface area contributed by atoms with Crippen LogP contribution in [-0.2, 0) is 11.3 Å². The van der Waals surface area contributed by atoms with Crippen LogP contribution in [0.4, 0.5) is 5.69 Å². The monoisotopic (exact) mass is 341 g/mol. The number of morpholine rings is 1. The number of carbonyl (C=O) groups excluding carboxylic acids is 1. The van der Waals surface area contributed by atoms with Crippen molar-refractivity contribution in [3.63, 3.8) is 0 Å². The number of nitrogens with one attached hydrogen (secondary N) is 2. The molecule has 1 saturated heterocycles. The maximum atomic E-state index is 12.1. The highest BCUT2D eigenvalue weighted by Crippen LogP contribution is 2.07. The molecule has 7 nitrogen and oxygen atoms in total. The van der Waals surface area contributed by atoms with Crippen LogP contribution >= 0.6 is 0 Å². The van der Waals surface area contributed by atoms with Crippen LogP contribution in [-0.4, -0.2) is 60.2 Å². The Balaban J connectivity index is 1.42. The summed E-state index contributed by atoms with van der Waals surface area (Å²) >= 11 is 0. The molecule has 3 heterocycles. The number of nitrogens with zero attached hydrogens (tertiary/aromatic N) is 3. The topological polar surface area (TPSA) is 79.4 Å². The van der Waals surface area contributed by atoms with Crippen LogP contribution in [0, 0.1) is 0 Å². The van der Waals surface area contributed by atoms with Crippen molar-refractivity contribution < 1.29 is 9.53 Å². The Morgan fingerprint density at radius 2 is 2.08 bits per heavy atom. The normalized spacial score (nSPS) is 14.9. The summed E-state index contributed by atoms with van der Waals surface area (Å²) in [6.45, 7) is 5.83. The molecule has 132 valence electrons. The molecule has 1 amide bonds. The summed E-state index contributed by atoms with van der Waals surface area (Å²) in [5.74, 6) is -0.191. The summed E-state index contributed by atoms with van der Waals surface area (Å²) in [6.07, 6.45) is 5.13. The zero-order valence-corrected chi connectivity index (χ0v) is 14.1. The van der Waals surface area contributed by atoms with E-state index < -0.39 is 0 Å². The van der Waals surface area contributed by atoms with E-state index in [1.165, 1.54) is 0 Å². The van der Waals surface area contributed by atoms with Crippen LogP contribution < -0.4 is 10.6 Å². The third-order valence-corrected chi connectivity index (χ3v) is 4.03. The Bertz CT molecular complexity index is 657. The van der Waals surface area contributed by atoms with Crippen molar-refractivity contribution in [1.82, 2.24) is 20.2 Å². The first-order chi connectivity index (χ1) is 12.3. The third-order valence-electron chi connectivity index (χ3n) is 4.03. The van der Waals surface area contributed by atoms with Crippen LogP contribution in [0.15, 0.2) is 42.9 Å². The van der Waals surface area contributed by atoms with Gasteiger partial charge in [-0.05, 0) is 23.8 Å². The number of hydrogen-bond donors (Lipinski definition) is 2. The van der Waals surface area contributed by atoms with E-state index in [2.05, 4.69) is 25.5 Å². The summed E-state index contributed by atoms with van der Waals surface area (Å²) in [4.78, 5) is 22.7. The van der Waals surface area contributed by atoms with Gasteiger partial charge in [0.25, 0.3) is 5.91 Å². The molecule has 0 bridgehead atoms. The van der Waals surface area contributed by atoms with E-state index in [0.717, 1.165) is 50.6 Å². The molecule has 0 aromatic carbocycles. The Morgan fingerprint density at radius 3 is 2.80 bits per heavy atom. The summed E-state index contributed by atoms with van der Waals surface area (Å²) in [5, 5.41) is 6.17. The van der Waals surface area contributed by atoms with Crippen LogP contribution in [0.2, 0.25) is 0 Å². The van der Waals surface area contributed by atoms with Crippen molar-refractivity contribution in [3.8, 4) is 0 Å². The lowest BCUT2D eigenvalue weighted by Crippen LogP contribution is -2.39. The molecule has 7 heteroatoms. The molecular weight excluding hydrogens is 318 g/mol. The number of anilines is 1. The molecule has 3 rings (SSSR count). The van der Waals surface area contributed by atoms with Gasteiger partial charge in [0, 0.05) is 45.1 Å². The number of ether oxygens (including phenoxy) is 1. The van der Waals surface area contributed by atoms with E-state index in [4.69, 9.17) is 4.74 Å². The summed E-state index contributed by atoms with van der Waals surface area (Å²) < 4.78 is 5.33. The second-order valence-electron chi connectivity index (χ2n) is 5.86. The quantitative estimate of drug-likeness (QED) is 0.786. The van der Waals surface area contributed by atoms with Gasteiger partial charge in [0.15, 0.2) is 0 Å². The predicted octanol–water partition coefficient (Wildman–Crippen LogP) is 1.15.